The van der Waals surface area contributed by atoms with E-state index in [9.17, 15) is 4.79 Å². The smallest absolute Gasteiger partial charge is 0.323 e. The van der Waals surface area contributed by atoms with Crippen molar-refractivity contribution in [3.8, 4) is 0 Å². The summed E-state index contributed by atoms with van der Waals surface area (Å²) in [6, 6.07) is 0. The highest BCUT2D eigenvalue weighted by atomic mass is 16.4. The van der Waals surface area contributed by atoms with Crippen molar-refractivity contribution in [1.82, 2.24) is 9.55 Å². The van der Waals surface area contributed by atoms with Crippen molar-refractivity contribution in [1.29, 1.82) is 0 Å². The Morgan fingerprint density at radius 2 is 2.50 bits per heavy atom. The van der Waals surface area contributed by atoms with Crippen LogP contribution in [-0.2, 0) is 11.3 Å². The molecule has 1 heterocycles. The summed E-state index contributed by atoms with van der Waals surface area (Å²) < 4.78 is 1.71. The first kappa shape index (κ1) is 7.34. The second kappa shape index (κ2) is 2.62. The Balaban J connectivity index is 2.18. The molecule has 0 amide bonds. The summed E-state index contributed by atoms with van der Waals surface area (Å²) in [4.78, 5) is 14.3. The van der Waals surface area contributed by atoms with Crippen molar-refractivity contribution >= 4 is 5.97 Å². The number of hydrogen-bond donors (Lipinski definition) is 1. The molecule has 12 heavy (non-hydrogen) atoms. The molecule has 0 atom stereocenters. The number of carboxylic acid groups (broad SMARTS) is 1. The van der Waals surface area contributed by atoms with E-state index in [2.05, 4.69) is 4.98 Å². The Morgan fingerprint density at radius 1 is 1.75 bits per heavy atom. The molecule has 64 valence electrons. The van der Waals surface area contributed by atoms with E-state index in [1.807, 2.05) is 0 Å². The van der Waals surface area contributed by atoms with Gasteiger partial charge in [0.05, 0.1) is 6.33 Å². The average molecular weight is 166 g/mol. The number of aromatic nitrogens is 2. The Kier molecular flexibility index (Phi) is 1.60. The van der Waals surface area contributed by atoms with Crippen LogP contribution in [0.3, 0.4) is 0 Å². The molecule has 1 fully saturated rings. The molecule has 1 N–H and O–H groups in total. The first-order valence-electron chi connectivity index (χ1n) is 3.99. The fourth-order valence-corrected chi connectivity index (χ4v) is 1.33. The molecule has 1 aliphatic rings. The van der Waals surface area contributed by atoms with E-state index >= 15 is 0 Å². The molecular weight excluding hydrogens is 156 g/mol. The lowest BCUT2D eigenvalue weighted by molar-refractivity contribution is -0.137. The molecule has 2 rings (SSSR count). The summed E-state index contributed by atoms with van der Waals surface area (Å²) in [5.41, 5.74) is 1.07. The molecule has 0 bridgehead atoms. The van der Waals surface area contributed by atoms with Crippen LogP contribution in [0.4, 0.5) is 0 Å². The van der Waals surface area contributed by atoms with Crippen LogP contribution in [0.1, 0.15) is 24.5 Å². The predicted molar refractivity (Wildman–Crippen MR) is 41.8 cm³/mol. The van der Waals surface area contributed by atoms with Crippen LogP contribution in [0.15, 0.2) is 12.5 Å². The lowest BCUT2D eigenvalue weighted by Gasteiger charge is -2.01. The van der Waals surface area contributed by atoms with Gasteiger partial charge in [0.25, 0.3) is 0 Å². The zero-order chi connectivity index (χ0) is 8.55. The minimum atomic E-state index is -0.810. The van der Waals surface area contributed by atoms with Crippen molar-refractivity contribution in [3.63, 3.8) is 0 Å². The quantitative estimate of drug-likeness (QED) is 0.724. The normalized spacial score (nSPS) is 16.3. The zero-order valence-corrected chi connectivity index (χ0v) is 6.60. The van der Waals surface area contributed by atoms with E-state index in [0.29, 0.717) is 5.92 Å². The molecule has 4 heteroatoms. The van der Waals surface area contributed by atoms with Crippen molar-refractivity contribution in [2.75, 3.05) is 0 Å². The van der Waals surface area contributed by atoms with Gasteiger partial charge < -0.3 is 9.67 Å². The molecule has 0 aliphatic heterocycles. The summed E-state index contributed by atoms with van der Waals surface area (Å²) in [5, 5.41) is 8.56. The fraction of sp³-hybridized carbons (Fsp3) is 0.500. The van der Waals surface area contributed by atoms with Gasteiger partial charge in [0, 0.05) is 17.8 Å². The molecule has 0 radical (unpaired) electrons. The van der Waals surface area contributed by atoms with Gasteiger partial charge in [0.2, 0.25) is 0 Å². The molecule has 1 aromatic heterocycles. The first-order valence-corrected chi connectivity index (χ1v) is 3.99. The molecule has 1 saturated carbocycles. The standard InChI is InChI=1S/C8H10N2O2/c11-8(12)4-10-5-9-3-7(10)6-1-2-6/h3,5-6H,1-2,4H2,(H,11,12). The monoisotopic (exact) mass is 166 g/mol. The number of nitrogens with zero attached hydrogens (tertiary/aromatic N) is 2. The highest BCUT2D eigenvalue weighted by Gasteiger charge is 2.27. The van der Waals surface area contributed by atoms with Gasteiger partial charge in [-0.1, -0.05) is 0 Å². The van der Waals surface area contributed by atoms with Crippen molar-refractivity contribution in [3.05, 3.63) is 18.2 Å². The van der Waals surface area contributed by atoms with Gasteiger partial charge in [-0.2, -0.15) is 0 Å². The zero-order valence-electron chi connectivity index (χ0n) is 6.60. The van der Waals surface area contributed by atoms with Crippen LogP contribution in [-0.4, -0.2) is 20.6 Å². The molecular formula is C8H10N2O2. The van der Waals surface area contributed by atoms with Crippen LogP contribution in [0.2, 0.25) is 0 Å². The second-order valence-corrected chi connectivity index (χ2v) is 3.11. The number of rotatable bonds is 3. The summed E-state index contributed by atoms with van der Waals surface area (Å²) in [5.74, 6) is -0.248. The lowest BCUT2D eigenvalue weighted by Crippen LogP contribution is -2.09. The van der Waals surface area contributed by atoms with E-state index in [1.54, 1.807) is 17.1 Å². The maximum Gasteiger partial charge on any atom is 0.323 e. The van der Waals surface area contributed by atoms with Gasteiger partial charge in [0.15, 0.2) is 0 Å². The van der Waals surface area contributed by atoms with E-state index in [-0.39, 0.29) is 6.54 Å². The first-order chi connectivity index (χ1) is 5.77. The Labute approximate surface area is 69.8 Å². The predicted octanol–water partition coefficient (Wildman–Crippen LogP) is 0.845. The maximum absolute atomic E-state index is 10.4. The summed E-state index contributed by atoms with van der Waals surface area (Å²) in [6.45, 7) is 0.0336. The number of aliphatic carboxylic acids is 1. The van der Waals surface area contributed by atoms with E-state index < -0.39 is 5.97 Å². The summed E-state index contributed by atoms with van der Waals surface area (Å²) >= 11 is 0. The third kappa shape index (κ3) is 1.32. The van der Waals surface area contributed by atoms with Crippen LogP contribution in [0, 0.1) is 0 Å². The van der Waals surface area contributed by atoms with Crippen molar-refractivity contribution in [2.24, 2.45) is 0 Å². The van der Waals surface area contributed by atoms with Crippen molar-refractivity contribution < 1.29 is 9.90 Å². The third-order valence-corrected chi connectivity index (χ3v) is 2.05. The maximum atomic E-state index is 10.4. The number of imidazole rings is 1. The highest BCUT2D eigenvalue weighted by molar-refractivity contribution is 5.66. The number of carbonyl (C=O) groups is 1. The Hall–Kier alpha value is -1.32. The molecule has 0 saturated heterocycles. The van der Waals surface area contributed by atoms with Crippen molar-refractivity contribution in [2.45, 2.75) is 25.3 Å². The van der Waals surface area contributed by atoms with E-state index in [4.69, 9.17) is 5.11 Å². The molecule has 4 nitrogen and oxygen atoms in total. The molecule has 1 aliphatic carbocycles. The van der Waals surface area contributed by atoms with Gasteiger partial charge in [-0.05, 0) is 12.8 Å². The van der Waals surface area contributed by atoms with E-state index in [1.165, 1.54) is 12.8 Å². The van der Waals surface area contributed by atoms with Crippen LogP contribution < -0.4 is 0 Å². The Morgan fingerprint density at radius 3 is 3.08 bits per heavy atom. The molecule has 0 spiro atoms. The number of carboxylic acids is 1. The van der Waals surface area contributed by atoms with Gasteiger partial charge in [0.1, 0.15) is 6.54 Å². The third-order valence-electron chi connectivity index (χ3n) is 2.05. The van der Waals surface area contributed by atoms with Crippen LogP contribution >= 0.6 is 0 Å². The van der Waals surface area contributed by atoms with Crippen LogP contribution in [0.5, 0.6) is 0 Å². The molecule has 0 unspecified atom stereocenters. The van der Waals surface area contributed by atoms with Gasteiger partial charge in [-0.15, -0.1) is 0 Å². The minimum Gasteiger partial charge on any atom is -0.480 e. The van der Waals surface area contributed by atoms with Gasteiger partial charge >= 0.3 is 5.97 Å². The largest absolute Gasteiger partial charge is 0.480 e. The Bertz CT molecular complexity index is 302. The average Bonchev–Trinajstić information content (AvgIpc) is 2.73. The topological polar surface area (TPSA) is 55.1 Å². The van der Waals surface area contributed by atoms with Crippen LogP contribution in [0.25, 0.3) is 0 Å². The fourth-order valence-electron chi connectivity index (χ4n) is 1.33. The minimum absolute atomic E-state index is 0.0336. The molecule has 1 aromatic rings. The van der Waals surface area contributed by atoms with E-state index in [0.717, 1.165) is 5.69 Å². The lowest BCUT2D eigenvalue weighted by atomic mass is 10.3. The summed E-state index contributed by atoms with van der Waals surface area (Å²) in [6.07, 6.45) is 5.69. The second-order valence-electron chi connectivity index (χ2n) is 3.11. The SMILES string of the molecule is O=C(O)Cn1cncc1C1CC1. The highest BCUT2D eigenvalue weighted by Crippen LogP contribution is 2.39. The van der Waals surface area contributed by atoms with Gasteiger partial charge in [-0.3, -0.25) is 4.79 Å². The van der Waals surface area contributed by atoms with Gasteiger partial charge in [-0.25, -0.2) is 4.98 Å². The number of hydrogen-bond acceptors (Lipinski definition) is 2. The molecule has 0 aromatic carbocycles. The summed E-state index contributed by atoms with van der Waals surface area (Å²) in [7, 11) is 0.